The standard InChI is InChI=1S/C22H26N6O2/c1-15(2)17-4-5-19(26-22(29)18-13-25-30-16(18)3)20(12-17)27-8-10-28(11-9-27)21-14-23-6-7-24-21/h4-7,12-15H,8-11H2,1-3H3,(H,26,29). The normalized spacial score (nSPS) is 14.3. The number of hydrogen-bond donors (Lipinski definition) is 1. The second-order valence-electron chi connectivity index (χ2n) is 7.72. The third-order valence-corrected chi connectivity index (χ3v) is 5.43. The summed E-state index contributed by atoms with van der Waals surface area (Å²) in [7, 11) is 0. The summed E-state index contributed by atoms with van der Waals surface area (Å²) in [6, 6.07) is 6.24. The quantitative estimate of drug-likeness (QED) is 0.694. The van der Waals surface area contributed by atoms with Crippen molar-refractivity contribution in [1.82, 2.24) is 15.1 Å². The molecule has 1 saturated heterocycles. The first-order valence-electron chi connectivity index (χ1n) is 10.2. The molecule has 3 aromatic rings. The van der Waals surface area contributed by atoms with E-state index in [4.69, 9.17) is 4.52 Å². The van der Waals surface area contributed by atoms with Crippen molar-refractivity contribution in [1.29, 1.82) is 0 Å². The van der Waals surface area contributed by atoms with Crippen molar-refractivity contribution in [3.63, 3.8) is 0 Å². The Labute approximate surface area is 175 Å². The number of hydrogen-bond acceptors (Lipinski definition) is 7. The molecular weight excluding hydrogens is 380 g/mol. The minimum absolute atomic E-state index is 0.217. The summed E-state index contributed by atoms with van der Waals surface area (Å²) in [5.74, 6) is 1.58. The van der Waals surface area contributed by atoms with E-state index >= 15 is 0 Å². The number of aryl methyl sites for hydroxylation is 1. The first-order chi connectivity index (χ1) is 14.5. The maximum absolute atomic E-state index is 12.7. The number of piperazine rings is 1. The second-order valence-corrected chi connectivity index (χ2v) is 7.72. The number of aromatic nitrogens is 3. The van der Waals surface area contributed by atoms with Gasteiger partial charge in [0.25, 0.3) is 5.91 Å². The smallest absolute Gasteiger partial charge is 0.260 e. The number of carbonyl (C=O) groups is 1. The van der Waals surface area contributed by atoms with Gasteiger partial charge in [-0.05, 0) is 30.5 Å². The van der Waals surface area contributed by atoms with Crippen molar-refractivity contribution in [3.8, 4) is 0 Å². The highest BCUT2D eigenvalue weighted by molar-refractivity contribution is 6.06. The van der Waals surface area contributed by atoms with Gasteiger partial charge < -0.3 is 19.6 Å². The lowest BCUT2D eigenvalue weighted by Crippen LogP contribution is -2.47. The van der Waals surface area contributed by atoms with Gasteiger partial charge in [0, 0.05) is 38.6 Å². The number of nitrogens with zero attached hydrogens (tertiary/aromatic N) is 5. The Balaban J connectivity index is 1.56. The van der Waals surface area contributed by atoms with Gasteiger partial charge in [-0.2, -0.15) is 0 Å². The van der Waals surface area contributed by atoms with Gasteiger partial charge in [-0.1, -0.05) is 25.1 Å². The van der Waals surface area contributed by atoms with E-state index in [0.29, 0.717) is 17.2 Å². The number of nitrogens with one attached hydrogen (secondary N) is 1. The zero-order valence-electron chi connectivity index (χ0n) is 17.5. The molecule has 4 rings (SSSR count). The lowest BCUT2D eigenvalue weighted by Gasteiger charge is -2.37. The van der Waals surface area contributed by atoms with Crippen LogP contribution in [0.5, 0.6) is 0 Å². The zero-order chi connectivity index (χ0) is 21.1. The van der Waals surface area contributed by atoms with Crippen LogP contribution in [0.2, 0.25) is 0 Å². The fourth-order valence-electron chi connectivity index (χ4n) is 3.61. The van der Waals surface area contributed by atoms with Crippen LogP contribution >= 0.6 is 0 Å². The van der Waals surface area contributed by atoms with Gasteiger partial charge in [0.2, 0.25) is 0 Å². The molecule has 1 fully saturated rings. The molecule has 0 radical (unpaired) electrons. The average molecular weight is 406 g/mol. The average Bonchev–Trinajstić information content (AvgIpc) is 3.20. The predicted octanol–water partition coefficient (Wildman–Crippen LogP) is 3.48. The summed E-state index contributed by atoms with van der Waals surface area (Å²) >= 11 is 0. The summed E-state index contributed by atoms with van der Waals surface area (Å²) in [5, 5.41) is 6.75. The summed E-state index contributed by atoms with van der Waals surface area (Å²) in [6.45, 7) is 9.40. The molecule has 30 heavy (non-hydrogen) atoms. The van der Waals surface area contributed by atoms with Gasteiger partial charge >= 0.3 is 0 Å². The molecule has 1 aliphatic heterocycles. The third-order valence-electron chi connectivity index (χ3n) is 5.43. The minimum atomic E-state index is -0.217. The van der Waals surface area contributed by atoms with Gasteiger partial charge in [0.05, 0.1) is 23.8 Å². The Morgan fingerprint density at radius 3 is 2.50 bits per heavy atom. The van der Waals surface area contributed by atoms with Crippen molar-refractivity contribution < 1.29 is 9.32 Å². The maximum Gasteiger partial charge on any atom is 0.260 e. The molecule has 8 nitrogen and oxygen atoms in total. The van der Waals surface area contributed by atoms with Gasteiger partial charge in [-0.15, -0.1) is 0 Å². The van der Waals surface area contributed by atoms with Gasteiger partial charge in [-0.3, -0.25) is 9.78 Å². The fourth-order valence-corrected chi connectivity index (χ4v) is 3.61. The topological polar surface area (TPSA) is 87.4 Å². The van der Waals surface area contributed by atoms with Crippen molar-refractivity contribution in [2.24, 2.45) is 0 Å². The van der Waals surface area contributed by atoms with E-state index in [1.54, 1.807) is 25.5 Å². The molecule has 3 heterocycles. The SMILES string of the molecule is Cc1oncc1C(=O)Nc1ccc(C(C)C)cc1N1CCN(c2cnccn2)CC1. The lowest BCUT2D eigenvalue weighted by atomic mass is 10.0. The molecule has 8 heteroatoms. The lowest BCUT2D eigenvalue weighted by molar-refractivity contribution is 0.102. The highest BCUT2D eigenvalue weighted by Crippen LogP contribution is 2.32. The molecule has 0 saturated carbocycles. The largest absolute Gasteiger partial charge is 0.366 e. The maximum atomic E-state index is 12.7. The minimum Gasteiger partial charge on any atom is -0.366 e. The van der Waals surface area contributed by atoms with Crippen LogP contribution in [0.15, 0.2) is 47.5 Å². The van der Waals surface area contributed by atoms with E-state index in [9.17, 15) is 4.79 Å². The van der Waals surface area contributed by atoms with Gasteiger partial charge in [0.1, 0.15) is 17.1 Å². The summed E-state index contributed by atoms with van der Waals surface area (Å²) in [5.41, 5.74) is 3.50. The van der Waals surface area contributed by atoms with E-state index in [2.05, 4.69) is 56.2 Å². The number of amides is 1. The summed E-state index contributed by atoms with van der Waals surface area (Å²) in [4.78, 5) is 25.9. The Kier molecular flexibility index (Phi) is 5.65. The predicted molar refractivity (Wildman–Crippen MR) is 116 cm³/mol. The van der Waals surface area contributed by atoms with Crippen LogP contribution in [0, 0.1) is 6.92 Å². The summed E-state index contributed by atoms with van der Waals surface area (Å²) in [6.07, 6.45) is 6.64. The monoisotopic (exact) mass is 406 g/mol. The number of rotatable bonds is 5. The Hall–Kier alpha value is -3.42. The molecule has 0 bridgehead atoms. The molecule has 1 N–H and O–H groups in total. The van der Waals surface area contributed by atoms with Crippen LogP contribution in [0.3, 0.4) is 0 Å². The van der Waals surface area contributed by atoms with Crippen molar-refractivity contribution in [3.05, 3.63) is 59.9 Å². The molecule has 0 unspecified atom stereocenters. The Bertz CT molecular complexity index is 1010. The highest BCUT2D eigenvalue weighted by atomic mass is 16.5. The zero-order valence-corrected chi connectivity index (χ0v) is 17.5. The molecule has 0 aliphatic carbocycles. The summed E-state index contributed by atoms with van der Waals surface area (Å²) < 4.78 is 5.04. The molecule has 0 atom stereocenters. The van der Waals surface area contributed by atoms with Crippen LogP contribution in [0.4, 0.5) is 17.2 Å². The van der Waals surface area contributed by atoms with Crippen molar-refractivity contribution in [2.75, 3.05) is 41.3 Å². The van der Waals surface area contributed by atoms with E-state index < -0.39 is 0 Å². The molecule has 1 aromatic carbocycles. The van der Waals surface area contributed by atoms with E-state index in [1.807, 2.05) is 6.07 Å². The highest BCUT2D eigenvalue weighted by Gasteiger charge is 2.22. The van der Waals surface area contributed by atoms with Crippen LogP contribution in [0.25, 0.3) is 0 Å². The first kappa shape index (κ1) is 19.9. The van der Waals surface area contributed by atoms with Crippen LogP contribution in [-0.4, -0.2) is 47.2 Å². The van der Waals surface area contributed by atoms with Crippen LogP contribution in [0.1, 0.15) is 41.4 Å². The van der Waals surface area contributed by atoms with Gasteiger partial charge in [0.15, 0.2) is 0 Å². The second kappa shape index (κ2) is 8.52. The van der Waals surface area contributed by atoms with Crippen molar-refractivity contribution >= 4 is 23.1 Å². The van der Waals surface area contributed by atoms with Crippen LogP contribution < -0.4 is 15.1 Å². The first-order valence-corrected chi connectivity index (χ1v) is 10.2. The van der Waals surface area contributed by atoms with E-state index in [-0.39, 0.29) is 5.91 Å². The van der Waals surface area contributed by atoms with Crippen molar-refractivity contribution in [2.45, 2.75) is 26.7 Å². The molecule has 156 valence electrons. The Morgan fingerprint density at radius 1 is 1.10 bits per heavy atom. The molecular formula is C22H26N6O2. The van der Waals surface area contributed by atoms with E-state index in [0.717, 1.165) is 43.4 Å². The van der Waals surface area contributed by atoms with Crippen LogP contribution in [-0.2, 0) is 0 Å². The molecule has 1 aliphatic rings. The van der Waals surface area contributed by atoms with Gasteiger partial charge in [-0.25, -0.2) is 4.98 Å². The number of carbonyl (C=O) groups excluding carboxylic acids is 1. The number of anilines is 3. The third kappa shape index (κ3) is 4.12. The molecule has 2 aromatic heterocycles. The number of benzene rings is 1. The molecule has 0 spiro atoms. The van der Waals surface area contributed by atoms with E-state index in [1.165, 1.54) is 11.8 Å². The Morgan fingerprint density at radius 2 is 1.87 bits per heavy atom. The molecule has 1 amide bonds. The fraction of sp³-hybridized carbons (Fsp3) is 0.364.